The minimum atomic E-state index is -4.79. The Morgan fingerprint density at radius 1 is 1.08 bits per heavy atom. The highest BCUT2D eigenvalue weighted by atomic mass is 19.4. The quantitative estimate of drug-likeness (QED) is 0.749. The van der Waals surface area contributed by atoms with Crippen LogP contribution in [0.4, 0.5) is 13.2 Å². The molecule has 0 unspecified atom stereocenters. The van der Waals surface area contributed by atoms with E-state index in [4.69, 9.17) is 9.47 Å². The molecule has 136 valence electrons. The van der Waals surface area contributed by atoms with E-state index in [1.807, 2.05) is 0 Å². The number of nitrogens with one attached hydrogen (secondary N) is 1. The molecule has 1 heterocycles. The molecule has 0 spiro atoms. The Labute approximate surface area is 145 Å². The van der Waals surface area contributed by atoms with Crippen LogP contribution in [0.25, 0.3) is 10.9 Å². The zero-order valence-corrected chi connectivity index (χ0v) is 13.5. The summed E-state index contributed by atoms with van der Waals surface area (Å²) in [7, 11) is 1.49. The van der Waals surface area contributed by atoms with Crippen LogP contribution in [0.1, 0.15) is 5.82 Å². The predicted molar refractivity (Wildman–Crippen MR) is 86.4 cm³/mol. The first-order valence-corrected chi connectivity index (χ1v) is 7.39. The molecule has 2 aromatic carbocycles. The number of nitrogens with zero attached hydrogens (tertiary/aromatic N) is 1. The maximum absolute atomic E-state index is 12.2. The van der Waals surface area contributed by atoms with E-state index in [0.29, 0.717) is 16.7 Å². The van der Waals surface area contributed by atoms with Crippen LogP contribution >= 0.6 is 0 Å². The van der Waals surface area contributed by atoms with Gasteiger partial charge in [-0.2, -0.15) is 0 Å². The summed E-state index contributed by atoms with van der Waals surface area (Å²) in [6, 6.07) is 9.93. The van der Waals surface area contributed by atoms with Gasteiger partial charge in [-0.25, -0.2) is 4.98 Å². The van der Waals surface area contributed by atoms with Crippen LogP contribution in [0.3, 0.4) is 0 Å². The first-order chi connectivity index (χ1) is 12.3. The summed E-state index contributed by atoms with van der Waals surface area (Å²) in [5, 5.41) is 0.355. The number of hydrogen-bond donors (Lipinski definition) is 1. The van der Waals surface area contributed by atoms with Crippen molar-refractivity contribution in [3.8, 4) is 17.2 Å². The highest BCUT2D eigenvalue weighted by Crippen LogP contribution is 2.26. The van der Waals surface area contributed by atoms with E-state index in [9.17, 15) is 18.0 Å². The van der Waals surface area contributed by atoms with Gasteiger partial charge in [0, 0.05) is 6.07 Å². The minimum absolute atomic E-state index is 0.132. The van der Waals surface area contributed by atoms with Crippen LogP contribution in [0.2, 0.25) is 0 Å². The molecule has 3 aromatic rings. The van der Waals surface area contributed by atoms with Gasteiger partial charge in [-0.1, -0.05) is 6.07 Å². The van der Waals surface area contributed by atoms with E-state index < -0.39 is 12.1 Å². The van der Waals surface area contributed by atoms with Crippen LogP contribution in [-0.4, -0.2) is 23.4 Å². The standard InChI is InChI=1S/C17H13F3N2O4/c1-24-10-5-6-14-13(8-10)16(23)22-15(21-14)9-25-11-3-2-4-12(7-11)26-17(18,19)20/h2-8H,9H2,1H3,(H,21,22,23). The van der Waals surface area contributed by atoms with Crippen molar-refractivity contribution in [1.82, 2.24) is 9.97 Å². The van der Waals surface area contributed by atoms with E-state index in [1.165, 1.54) is 19.2 Å². The van der Waals surface area contributed by atoms with Gasteiger partial charge < -0.3 is 19.2 Å². The molecule has 0 atom stereocenters. The van der Waals surface area contributed by atoms with Crippen LogP contribution in [0.15, 0.2) is 47.3 Å². The molecule has 6 nitrogen and oxygen atoms in total. The Morgan fingerprint density at radius 2 is 1.85 bits per heavy atom. The summed E-state index contributed by atoms with van der Waals surface area (Å²) in [6.07, 6.45) is -4.79. The number of halogens is 3. The average molecular weight is 366 g/mol. The Kier molecular flexibility index (Phi) is 4.70. The summed E-state index contributed by atoms with van der Waals surface area (Å²) in [5.41, 5.74) is 0.0731. The second kappa shape index (κ2) is 6.95. The number of ether oxygens (including phenoxy) is 3. The number of benzene rings is 2. The number of methoxy groups -OCH3 is 1. The maximum Gasteiger partial charge on any atom is 0.573 e. The Morgan fingerprint density at radius 3 is 2.58 bits per heavy atom. The van der Waals surface area contributed by atoms with E-state index in [1.54, 1.807) is 18.2 Å². The summed E-state index contributed by atoms with van der Waals surface area (Å²) in [4.78, 5) is 19.0. The molecule has 3 rings (SSSR count). The van der Waals surface area contributed by atoms with Gasteiger partial charge in [-0.05, 0) is 30.3 Å². The molecule has 0 amide bonds. The lowest BCUT2D eigenvalue weighted by Crippen LogP contribution is -2.17. The van der Waals surface area contributed by atoms with E-state index in [0.717, 1.165) is 12.1 Å². The summed E-state index contributed by atoms with van der Waals surface area (Å²) in [6.45, 7) is -0.132. The van der Waals surface area contributed by atoms with Gasteiger partial charge >= 0.3 is 6.36 Å². The molecule has 0 radical (unpaired) electrons. The highest BCUT2D eigenvalue weighted by molar-refractivity contribution is 5.79. The fourth-order valence-electron chi connectivity index (χ4n) is 2.27. The van der Waals surface area contributed by atoms with Crippen molar-refractivity contribution in [2.24, 2.45) is 0 Å². The second-order valence-electron chi connectivity index (χ2n) is 5.21. The number of aromatic nitrogens is 2. The van der Waals surface area contributed by atoms with Crippen molar-refractivity contribution in [1.29, 1.82) is 0 Å². The molecule has 1 aromatic heterocycles. The van der Waals surface area contributed by atoms with Crippen molar-refractivity contribution in [2.45, 2.75) is 13.0 Å². The molecule has 1 N–H and O–H groups in total. The van der Waals surface area contributed by atoms with Gasteiger partial charge in [-0.3, -0.25) is 4.79 Å². The lowest BCUT2D eigenvalue weighted by atomic mass is 10.2. The first-order valence-electron chi connectivity index (χ1n) is 7.39. The fourth-order valence-corrected chi connectivity index (χ4v) is 2.27. The van der Waals surface area contributed by atoms with Crippen LogP contribution in [-0.2, 0) is 6.61 Å². The van der Waals surface area contributed by atoms with Crippen LogP contribution < -0.4 is 19.8 Å². The molecule has 0 saturated heterocycles. The fraction of sp³-hybridized carbons (Fsp3) is 0.176. The lowest BCUT2D eigenvalue weighted by Gasteiger charge is -2.11. The van der Waals surface area contributed by atoms with Gasteiger partial charge in [-0.15, -0.1) is 13.2 Å². The number of fused-ring (bicyclic) bond motifs is 1. The third kappa shape index (κ3) is 4.24. The molecule has 0 bridgehead atoms. The molecule has 0 aliphatic rings. The second-order valence-corrected chi connectivity index (χ2v) is 5.21. The van der Waals surface area contributed by atoms with Crippen LogP contribution in [0, 0.1) is 0 Å². The number of alkyl halides is 3. The lowest BCUT2D eigenvalue weighted by molar-refractivity contribution is -0.274. The third-order valence-electron chi connectivity index (χ3n) is 3.38. The van der Waals surface area contributed by atoms with E-state index in [2.05, 4.69) is 14.7 Å². The van der Waals surface area contributed by atoms with Crippen molar-refractivity contribution >= 4 is 10.9 Å². The normalized spacial score (nSPS) is 11.4. The predicted octanol–water partition coefficient (Wildman–Crippen LogP) is 3.41. The molecule has 0 fully saturated rings. The molecular formula is C17H13F3N2O4. The maximum atomic E-state index is 12.2. The monoisotopic (exact) mass is 366 g/mol. The third-order valence-corrected chi connectivity index (χ3v) is 3.38. The zero-order valence-electron chi connectivity index (χ0n) is 13.5. The van der Waals surface area contributed by atoms with Crippen molar-refractivity contribution in [3.63, 3.8) is 0 Å². The number of hydrogen-bond acceptors (Lipinski definition) is 5. The number of rotatable bonds is 5. The van der Waals surface area contributed by atoms with Crippen molar-refractivity contribution in [3.05, 3.63) is 58.6 Å². The Hall–Kier alpha value is -3.23. The zero-order chi connectivity index (χ0) is 18.7. The molecule has 0 aliphatic heterocycles. The van der Waals surface area contributed by atoms with E-state index >= 15 is 0 Å². The van der Waals surface area contributed by atoms with Crippen LogP contribution in [0.5, 0.6) is 17.2 Å². The Balaban J connectivity index is 1.78. The van der Waals surface area contributed by atoms with Gasteiger partial charge in [0.15, 0.2) is 0 Å². The van der Waals surface area contributed by atoms with Gasteiger partial charge in [0.05, 0.1) is 18.0 Å². The van der Waals surface area contributed by atoms with Crippen molar-refractivity contribution < 1.29 is 27.4 Å². The summed E-state index contributed by atoms with van der Waals surface area (Å²) in [5.74, 6) is 0.497. The molecule has 9 heteroatoms. The molecule has 0 saturated carbocycles. The minimum Gasteiger partial charge on any atom is -0.497 e. The van der Waals surface area contributed by atoms with Gasteiger partial charge in [0.25, 0.3) is 5.56 Å². The highest BCUT2D eigenvalue weighted by Gasteiger charge is 2.31. The SMILES string of the molecule is COc1ccc2nc(COc3cccc(OC(F)(F)F)c3)[nH]c(=O)c2c1. The average Bonchev–Trinajstić information content (AvgIpc) is 2.58. The summed E-state index contributed by atoms with van der Waals surface area (Å²) < 4.78 is 51.0. The Bertz CT molecular complexity index is 986. The van der Waals surface area contributed by atoms with E-state index in [-0.39, 0.29) is 23.7 Å². The molecule has 26 heavy (non-hydrogen) atoms. The number of H-pyrrole nitrogens is 1. The summed E-state index contributed by atoms with van der Waals surface area (Å²) >= 11 is 0. The topological polar surface area (TPSA) is 73.4 Å². The van der Waals surface area contributed by atoms with Crippen molar-refractivity contribution in [2.75, 3.05) is 7.11 Å². The molecule has 0 aliphatic carbocycles. The first kappa shape index (κ1) is 17.6. The molecular weight excluding hydrogens is 353 g/mol. The smallest absolute Gasteiger partial charge is 0.497 e. The number of aromatic amines is 1. The van der Waals surface area contributed by atoms with Gasteiger partial charge in [0.1, 0.15) is 29.7 Å². The van der Waals surface area contributed by atoms with Gasteiger partial charge in [0.2, 0.25) is 0 Å². The largest absolute Gasteiger partial charge is 0.573 e.